The van der Waals surface area contributed by atoms with E-state index in [4.69, 9.17) is 15.2 Å². The zero-order chi connectivity index (χ0) is 44.9. The van der Waals surface area contributed by atoms with Gasteiger partial charge in [0, 0.05) is 54.8 Å². The van der Waals surface area contributed by atoms with E-state index in [1.807, 2.05) is 104 Å². The Morgan fingerprint density at radius 2 is 1.59 bits per heavy atom. The van der Waals surface area contributed by atoms with Gasteiger partial charge in [-0.25, -0.2) is 0 Å². The van der Waals surface area contributed by atoms with Crippen LogP contribution >= 0.6 is 0 Å². The first-order valence-corrected chi connectivity index (χ1v) is 23.9. The summed E-state index contributed by atoms with van der Waals surface area (Å²) < 4.78 is 11.5. The summed E-state index contributed by atoms with van der Waals surface area (Å²) in [5.41, 5.74) is 8.64. The van der Waals surface area contributed by atoms with E-state index in [9.17, 15) is 28.8 Å². The fraction of sp³-hybridized carbons (Fsp3) is 0.727. The molecule has 1 aromatic rings. The van der Waals surface area contributed by atoms with E-state index < -0.39 is 44.4 Å². The summed E-state index contributed by atoms with van der Waals surface area (Å²) >= 11 is 0. The zero-order valence-electron chi connectivity index (χ0n) is 38.6. The smallest absolute Gasteiger partial charge is 0.245 e. The van der Waals surface area contributed by atoms with Crippen molar-refractivity contribution in [1.29, 1.82) is 0 Å². The largest absolute Gasteiger partial charge is 0.667 e. The van der Waals surface area contributed by atoms with Crippen LogP contribution in [0.2, 0.25) is 19.1 Å². The van der Waals surface area contributed by atoms with Gasteiger partial charge in [-0.2, -0.15) is 31.0 Å². The molecule has 4 amide bonds. The third-order valence-electron chi connectivity index (χ3n) is 10.9. The monoisotopic (exact) mass is 1020 g/mol. The van der Waals surface area contributed by atoms with Crippen LogP contribution in [0.25, 0.3) is 5.73 Å². The average Bonchev–Trinajstić information content (AvgIpc) is 3.63. The first kappa shape index (κ1) is 58.5. The summed E-state index contributed by atoms with van der Waals surface area (Å²) in [6, 6.07) is 8.84. The normalized spacial score (nSPS) is 17.5. The van der Waals surface area contributed by atoms with Crippen molar-refractivity contribution in [3.63, 3.8) is 0 Å². The zero-order valence-corrected chi connectivity index (χ0v) is 42.5. The van der Waals surface area contributed by atoms with Gasteiger partial charge in [0.05, 0.1) is 42.7 Å². The third kappa shape index (κ3) is 20.7. The molecule has 0 spiro atoms. The van der Waals surface area contributed by atoms with Crippen LogP contribution in [-0.4, -0.2) is 136 Å². The predicted octanol–water partition coefficient (Wildman–Crippen LogP) is 6.15. The Morgan fingerprint density at radius 3 is 1.98 bits per heavy atom. The molecule has 0 aliphatic carbocycles. The van der Waals surface area contributed by atoms with Crippen molar-refractivity contribution in [2.75, 3.05) is 41.9 Å². The predicted molar refractivity (Wildman–Crippen MR) is 235 cm³/mol. The Hall–Kier alpha value is -2.61. The standard InChI is InChI=1S/C31H59N5O6.C7H7.C6H13O2Si.W/c1-13-20(6)27(35(10)31(40)25(18(2)3)33-30(39)26(19(4)5)34(8)9)23(41-11)17-24(37)36-16-14-15-22(36)28(42-12)21(7)29(32)38;1-7-5-3-2-4-6-7;1-9(2,8)6-4-3-5-7;/h18-23,25-28H,13-17H2,1-12H3,(H3,32,33,38,39);2-6H,1H2;8H,3-4,6H2,1-2H3;/q;2*-1;/p-1/t20-,21+,22-,23+,25-,26-,27-,28+;;;/m0.../s1. The second-order valence-corrected chi connectivity index (χ2v) is 21.3. The maximum absolute atomic E-state index is 14.0. The van der Waals surface area contributed by atoms with Crippen molar-refractivity contribution in [2.24, 2.45) is 23.7 Å². The number of ether oxygens (including phenoxy) is 2. The van der Waals surface area contributed by atoms with Gasteiger partial charge >= 0.3 is 0 Å². The number of carbonyl (C=O) groups is 4. The van der Waals surface area contributed by atoms with Crippen LogP contribution in [0.3, 0.4) is 0 Å². The molecular formula is C44H78N5O8SiW-3. The van der Waals surface area contributed by atoms with Gasteiger partial charge in [-0.15, -0.1) is 12.1 Å². The van der Waals surface area contributed by atoms with E-state index in [-0.39, 0.29) is 75.0 Å². The number of likely N-dealkylation sites (tertiary alicyclic amines) is 1. The molecule has 340 valence electrons. The molecule has 3 N–H and O–H groups in total. The molecule has 0 unspecified atom stereocenters. The van der Waals surface area contributed by atoms with Crippen LogP contribution in [0.15, 0.2) is 30.3 Å². The fourth-order valence-corrected chi connectivity index (χ4v) is 8.52. The van der Waals surface area contributed by atoms with Crippen LogP contribution in [0.5, 0.6) is 0 Å². The summed E-state index contributed by atoms with van der Waals surface area (Å²) in [7, 11) is 6.62. The number of benzene rings is 1. The molecule has 1 aliphatic rings. The first-order chi connectivity index (χ1) is 27.0. The number of nitrogens with zero attached hydrogens (tertiary/aromatic N) is 3. The summed E-state index contributed by atoms with van der Waals surface area (Å²) in [6.07, 6.45) is 4.18. The van der Waals surface area contributed by atoms with E-state index in [2.05, 4.69) is 12.2 Å². The van der Waals surface area contributed by atoms with Crippen molar-refractivity contribution in [3.8, 4) is 0 Å². The summed E-state index contributed by atoms with van der Waals surface area (Å²) in [6.45, 7) is 21.5. The number of carbonyl (C=O) groups excluding carboxylic acids is 5. The van der Waals surface area contributed by atoms with E-state index in [1.54, 1.807) is 37.2 Å². The van der Waals surface area contributed by atoms with Crippen LogP contribution in [0.4, 0.5) is 0 Å². The first-order valence-electron chi connectivity index (χ1n) is 20.8. The van der Waals surface area contributed by atoms with Gasteiger partial charge in [0.1, 0.15) is 6.04 Å². The van der Waals surface area contributed by atoms with Gasteiger partial charge in [0.2, 0.25) is 17.7 Å². The minimum atomic E-state index is -1.87. The van der Waals surface area contributed by atoms with Crippen molar-refractivity contribution in [3.05, 3.63) is 48.6 Å². The van der Waals surface area contributed by atoms with Crippen molar-refractivity contribution in [2.45, 2.75) is 143 Å². The van der Waals surface area contributed by atoms with Gasteiger partial charge in [0.15, 0.2) is 8.32 Å². The van der Waals surface area contributed by atoms with Crippen molar-refractivity contribution in [1.82, 2.24) is 20.0 Å². The Morgan fingerprint density at radius 1 is 1.02 bits per heavy atom. The molecule has 1 heterocycles. The molecule has 2 rings (SSSR count). The molecule has 1 aromatic carbocycles. The number of amides is 4. The molecular weight excluding hydrogens is 938 g/mol. The molecule has 1 aliphatic heterocycles. The fourth-order valence-electron chi connectivity index (χ4n) is 7.48. The molecule has 15 heteroatoms. The Labute approximate surface area is 372 Å². The Balaban J connectivity index is 0. The van der Waals surface area contributed by atoms with Crippen LogP contribution in [0, 0.1) is 30.6 Å². The van der Waals surface area contributed by atoms with Crippen LogP contribution < -0.4 is 5.32 Å². The maximum atomic E-state index is 14.0. The van der Waals surface area contributed by atoms with Crippen LogP contribution in [-0.2, 0) is 54.5 Å². The third-order valence-corrected chi connectivity index (χ3v) is 12.4. The van der Waals surface area contributed by atoms with Gasteiger partial charge in [-0.1, -0.05) is 67.4 Å². The molecule has 0 radical (unpaired) electrons. The number of hydrogen-bond acceptors (Lipinski definition) is 9. The van der Waals surface area contributed by atoms with Crippen molar-refractivity contribution >= 4 is 38.2 Å². The van der Waals surface area contributed by atoms with Gasteiger partial charge in [0.25, 0.3) is 0 Å². The van der Waals surface area contributed by atoms with E-state index in [0.717, 1.165) is 30.9 Å². The van der Waals surface area contributed by atoms with Crippen LogP contribution in [0.1, 0.15) is 92.6 Å². The molecule has 1 fully saturated rings. The number of methoxy groups -OCH3 is 2. The summed E-state index contributed by atoms with van der Waals surface area (Å²) in [5, 5.41) is 3.01. The molecule has 1 saturated heterocycles. The Kier molecular flexibility index (Phi) is 29.3. The molecule has 59 heavy (non-hydrogen) atoms. The number of likely N-dealkylation sites (N-methyl/N-ethyl adjacent to an activating group) is 2. The molecule has 0 saturated carbocycles. The number of unbranched alkanes of at least 4 members (excludes halogenated alkanes) is 1. The minimum Gasteiger partial charge on any atom is -0.667 e. The molecule has 0 bridgehead atoms. The molecule has 13 nitrogen and oxygen atoms in total. The summed E-state index contributed by atoms with van der Waals surface area (Å²) in [5.74, 6) is -2.01. The maximum Gasteiger partial charge on any atom is 0.245 e. The number of hydrogen-bond donors (Lipinski definition) is 2. The number of rotatable bonds is 21. The average molecular weight is 1020 g/mol. The number of nitrogens with one attached hydrogen (secondary N) is 2. The van der Waals surface area contributed by atoms with Gasteiger partial charge < -0.3 is 44.7 Å². The van der Waals surface area contributed by atoms with Gasteiger partial charge in [-0.3, -0.25) is 25.6 Å². The topological polar surface area (TPSA) is 170 Å². The van der Waals surface area contributed by atoms with Crippen molar-refractivity contribution < 1.29 is 59.3 Å². The quantitative estimate of drug-likeness (QED) is 0.0834. The SMILES string of the molecule is CC[C@H](C)[C@@H]([C@@H](CC(=O)N1CCC[C@H]1[C@H](OC)[C@@H](C)C([NH-])=O)OC)N(C)C(=O)[C@@H](NC(=O)[C@H](C(C)C)N(C)C)C(C)C.C[Si](C)(O)CCC[C-]=O.[CH2-]c1ccccc1.[W]. The summed E-state index contributed by atoms with van der Waals surface area (Å²) in [4.78, 5) is 77.0. The minimum absolute atomic E-state index is 0. The van der Waals surface area contributed by atoms with Gasteiger partial charge in [-0.05, 0) is 63.8 Å². The second-order valence-electron chi connectivity index (χ2n) is 17.1. The molecule has 8 atom stereocenters. The van der Waals surface area contributed by atoms with E-state index in [1.165, 1.54) is 7.11 Å². The molecule has 0 aromatic heterocycles. The van der Waals surface area contributed by atoms with E-state index in [0.29, 0.717) is 19.4 Å². The Bertz CT molecular complexity index is 1360. The second kappa shape index (κ2) is 29.6. The van der Waals surface area contributed by atoms with E-state index >= 15 is 0 Å².